The van der Waals surface area contributed by atoms with Gasteiger partial charge in [-0.25, -0.2) is 0 Å². The highest BCUT2D eigenvalue weighted by atomic mass is 15.0. The molecular formula is C48H33N3. The average Bonchev–Trinajstić information content (AvgIpc) is 3.83. The Morgan fingerprint density at radius 3 is 1.47 bits per heavy atom. The van der Waals surface area contributed by atoms with Crippen LogP contribution in [0.3, 0.4) is 0 Å². The molecule has 3 aromatic heterocycles. The molecule has 3 nitrogen and oxygen atoms in total. The Labute approximate surface area is 295 Å². The van der Waals surface area contributed by atoms with Crippen LogP contribution in [0.1, 0.15) is 12.8 Å². The maximum Gasteiger partial charge on any atom is 0.0542 e. The van der Waals surface area contributed by atoms with Crippen LogP contribution in [0.15, 0.2) is 176 Å². The summed E-state index contributed by atoms with van der Waals surface area (Å²) in [5.41, 5.74) is 13.5. The zero-order valence-corrected chi connectivity index (χ0v) is 28.0. The van der Waals surface area contributed by atoms with Gasteiger partial charge >= 0.3 is 0 Å². The Bertz CT molecular complexity index is 3030. The molecule has 10 aromatic rings. The normalized spacial score (nSPS) is 13.4. The van der Waals surface area contributed by atoms with E-state index in [-0.39, 0.29) is 0 Å². The van der Waals surface area contributed by atoms with Crippen LogP contribution in [0.25, 0.3) is 93.6 Å². The van der Waals surface area contributed by atoms with Crippen molar-refractivity contribution < 1.29 is 0 Å². The van der Waals surface area contributed by atoms with Crippen molar-refractivity contribution >= 4 is 71.1 Å². The van der Waals surface area contributed by atoms with Gasteiger partial charge in [-0.05, 0) is 96.8 Å². The molecule has 0 radical (unpaired) electrons. The van der Waals surface area contributed by atoms with Gasteiger partial charge in [0.25, 0.3) is 0 Å². The van der Waals surface area contributed by atoms with Crippen LogP contribution >= 0.6 is 0 Å². The number of allylic oxidation sites excluding steroid dienone is 4. The molecule has 1 aliphatic carbocycles. The summed E-state index contributed by atoms with van der Waals surface area (Å²) in [5.74, 6) is 0. The lowest BCUT2D eigenvalue weighted by atomic mass is 10.0. The van der Waals surface area contributed by atoms with E-state index in [2.05, 4.69) is 190 Å². The molecule has 1 aliphatic rings. The fourth-order valence-corrected chi connectivity index (χ4v) is 8.64. The van der Waals surface area contributed by atoms with Gasteiger partial charge in [0.1, 0.15) is 0 Å². The first-order valence-corrected chi connectivity index (χ1v) is 17.8. The molecule has 0 saturated carbocycles. The van der Waals surface area contributed by atoms with E-state index in [0.717, 1.165) is 18.5 Å². The zero-order valence-electron chi connectivity index (χ0n) is 28.0. The van der Waals surface area contributed by atoms with Crippen molar-refractivity contribution in [1.82, 2.24) is 13.7 Å². The highest BCUT2D eigenvalue weighted by molar-refractivity contribution is 6.13. The van der Waals surface area contributed by atoms with Crippen molar-refractivity contribution in [2.75, 3.05) is 0 Å². The molecule has 11 rings (SSSR count). The lowest BCUT2D eigenvalue weighted by Crippen LogP contribution is -1.98. The molecular weight excluding hydrogens is 619 g/mol. The lowest BCUT2D eigenvalue weighted by Gasteiger charge is -2.14. The van der Waals surface area contributed by atoms with E-state index in [1.54, 1.807) is 0 Å². The number of para-hydroxylation sites is 4. The Morgan fingerprint density at radius 2 is 0.843 bits per heavy atom. The van der Waals surface area contributed by atoms with Crippen molar-refractivity contribution in [3.05, 3.63) is 176 Å². The fourth-order valence-electron chi connectivity index (χ4n) is 8.64. The largest absolute Gasteiger partial charge is 0.313 e. The van der Waals surface area contributed by atoms with Crippen LogP contribution in [-0.4, -0.2) is 13.7 Å². The van der Waals surface area contributed by atoms with Crippen LogP contribution in [0.2, 0.25) is 0 Å². The molecule has 0 aliphatic heterocycles. The number of benzene rings is 7. The second kappa shape index (κ2) is 11.0. The second-order valence-corrected chi connectivity index (χ2v) is 13.7. The summed E-state index contributed by atoms with van der Waals surface area (Å²) in [6.07, 6.45) is 8.84. The van der Waals surface area contributed by atoms with Gasteiger partial charge in [-0.2, -0.15) is 0 Å². The van der Waals surface area contributed by atoms with E-state index >= 15 is 0 Å². The Kier molecular flexibility index (Phi) is 6.08. The SMILES string of the molecule is C1=CCCC(n2c3ccccc3c3cc(-c4cccc(-n5c6ccccc6c6cc(-n7c8ccccc8c8ccccc87)ccc65)c4)ccc32)=C1. The second-order valence-electron chi connectivity index (χ2n) is 13.7. The molecule has 0 saturated heterocycles. The summed E-state index contributed by atoms with van der Waals surface area (Å²) in [5, 5.41) is 7.63. The molecule has 0 N–H and O–H groups in total. The summed E-state index contributed by atoms with van der Waals surface area (Å²) in [6, 6.07) is 58.1. The summed E-state index contributed by atoms with van der Waals surface area (Å²) in [7, 11) is 0. The Hall–Kier alpha value is -6.58. The standard InChI is InChI=1S/C48H33N3/c1-2-14-34(15-3-1)49-45-23-10-6-19-39(45)41-30-33(25-27-47(41)49)32-13-12-16-35(29-32)50-46-24-11-7-20-40(46)42-31-36(26-28-48(42)50)51-43-21-8-4-17-37(43)38-18-5-9-22-44(38)51/h1-2,4-14,16-31H,3,15H2. The highest BCUT2D eigenvalue weighted by Crippen LogP contribution is 2.39. The van der Waals surface area contributed by atoms with E-state index in [9.17, 15) is 0 Å². The molecule has 7 aromatic carbocycles. The molecule has 0 bridgehead atoms. The first-order valence-electron chi connectivity index (χ1n) is 17.8. The topological polar surface area (TPSA) is 14.8 Å². The predicted molar refractivity (Wildman–Crippen MR) is 216 cm³/mol. The van der Waals surface area contributed by atoms with Crippen LogP contribution in [0.4, 0.5) is 0 Å². The quantitative estimate of drug-likeness (QED) is 0.180. The van der Waals surface area contributed by atoms with E-state index in [1.807, 2.05) is 0 Å². The van der Waals surface area contributed by atoms with Gasteiger partial charge in [0, 0.05) is 49.4 Å². The maximum atomic E-state index is 2.46. The predicted octanol–water partition coefficient (Wildman–Crippen LogP) is 12.8. The smallest absolute Gasteiger partial charge is 0.0542 e. The molecule has 0 spiro atoms. The van der Waals surface area contributed by atoms with Gasteiger partial charge < -0.3 is 13.7 Å². The average molecular weight is 652 g/mol. The third-order valence-electron chi connectivity index (χ3n) is 10.9. The third-order valence-corrected chi connectivity index (χ3v) is 10.9. The van der Waals surface area contributed by atoms with Gasteiger partial charge in [-0.3, -0.25) is 0 Å². The van der Waals surface area contributed by atoms with E-state index in [4.69, 9.17) is 0 Å². The minimum Gasteiger partial charge on any atom is -0.313 e. The molecule has 0 unspecified atom stereocenters. The van der Waals surface area contributed by atoms with Crippen molar-refractivity contribution in [3.63, 3.8) is 0 Å². The highest BCUT2D eigenvalue weighted by Gasteiger charge is 2.18. The van der Waals surface area contributed by atoms with E-state index in [0.29, 0.717) is 0 Å². The maximum absolute atomic E-state index is 2.46. The number of rotatable bonds is 4. The van der Waals surface area contributed by atoms with Gasteiger partial charge in [-0.15, -0.1) is 0 Å². The number of aromatic nitrogens is 3. The van der Waals surface area contributed by atoms with Crippen LogP contribution < -0.4 is 0 Å². The van der Waals surface area contributed by atoms with Gasteiger partial charge in [0.15, 0.2) is 0 Å². The van der Waals surface area contributed by atoms with Crippen molar-refractivity contribution in [3.8, 4) is 22.5 Å². The van der Waals surface area contributed by atoms with Crippen molar-refractivity contribution in [2.24, 2.45) is 0 Å². The Balaban J connectivity index is 1.08. The summed E-state index contributed by atoms with van der Waals surface area (Å²) in [4.78, 5) is 0. The number of fused-ring (bicyclic) bond motifs is 9. The molecule has 3 heteroatoms. The van der Waals surface area contributed by atoms with Crippen molar-refractivity contribution in [1.29, 1.82) is 0 Å². The fraction of sp³-hybridized carbons (Fsp3) is 0.0417. The third kappa shape index (κ3) is 4.18. The van der Waals surface area contributed by atoms with Crippen LogP contribution in [-0.2, 0) is 0 Å². The number of nitrogens with zero attached hydrogens (tertiary/aromatic N) is 3. The zero-order chi connectivity index (χ0) is 33.5. The molecule has 0 amide bonds. The van der Waals surface area contributed by atoms with Crippen LogP contribution in [0, 0.1) is 0 Å². The minimum absolute atomic E-state index is 1.05. The van der Waals surface area contributed by atoms with Gasteiger partial charge in [0.05, 0.1) is 33.1 Å². The first-order chi connectivity index (χ1) is 25.3. The molecule has 0 fully saturated rings. The summed E-state index contributed by atoms with van der Waals surface area (Å²) >= 11 is 0. The van der Waals surface area contributed by atoms with E-state index < -0.39 is 0 Å². The molecule has 240 valence electrons. The van der Waals surface area contributed by atoms with Crippen LogP contribution in [0.5, 0.6) is 0 Å². The number of hydrogen-bond acceptors (Lipinski definition) is 0. The Morgan fingerprint density at radius 1 is 0.353 bits per heavy atom. The van der Waals surface area contributed by atoms with Crippen molar-refractivity contribution in [2.45, 2.75) is 12.8 Å². The lowest BCUT2D eigenvalue weighted by molar-refractivity contribution is 0.979. The summed E-state index contributed by atoms with van der Waals surface area (Å²) < 4.78 is 7.29. The molecule has 3 heterocycles. The van der Waals surface area contributed by atoms with E-state index in [1.165, 1.54) is 87.9 Å². The first kappa shape index (κ1) is 28.3. The molecule has 0 atom stereocenters. The van der Waals surface area contributed by atoms with Gasteiger partial charge in [0.2, 0.25) is 0 Å². The summed E-state index contributed by atoms with van der Waals surface area (Å²) in [6.45, 7) is 0. The molecule has 51 heavy (non-hydrogen) atoms. The number of hydrogen-bond donors (Lipinski definition) is 0. The van der Waals surface area contributed by atoms with Gasteiger partial charge in [-0.1, -0.05) is 103 Å². The minimum atomic E-state index is 1.05. The monoisotopic (exact) mass is 651 g/mol.